The van der Waals surface area contributed by atoms with Gasteiger partial charge in [-0.1, -0.05) is 156 Å². The Morgan fingerprint density at radius 1 is 0.261 bits per heavy atom. The summed E-state index contributed by atoms with van der Waals surface area (Å²) in [6.45, 7) is 1.09. The zero-order chi connectivity index (χ0) is 100. The number of pyridine rings is 8. The second kappa shape index (κ2) is 57.9. The van der Waals surface area contributed by atoms with E-state index in [9.17, 15) is 17.6 Å². The van der Waals surface area contributed by atoms with Crippen LogP contribution in [-0.4, -0.2) is 39.9 Å². The maximum atomic E-state index is 14.2. The monoisotopic (exact) mass is 2530 g/mol. The van der Waals surface area contributed by atoms with Gasteiger partial charge >= 0.3 is 0 Å². The number of nitrogens with zero attached hydrogens (tertiary/aromatic N) is 8. The first-order valence-electron chi connectivity index (χ1n) is 47.2. The topological polar surface area (TPSA) is 103 Å². The Kier molecular flexibility index (Phi) is 40.2. The Bertz CT molecular complexity index is 6780. The maximum Gasteiger partial charge on any atom is 0.126 e. The molecule has 0 N–H and O–H groups in total. The van der Waals surface area contributed by atoms with E-state index in [1.54, 1.807) is 80.5 Å². The van der Waals surface area contributed by atoms with Crippen LogP contribution in [0.2, 0.25) is 0 Å². The summed E-state index contributed by atoms with van der Waals surface area (Å²) in [4.78, 5) is 34.6. The van der Waals surface area contributed by atoms with E-state index in [1.807, 2.05) is 341 Å². The van der Waals surface area contributed by atoms with Gasteiger partial charge < -0.3 is 39.9 Å². The molecule has 4 radical (unpaired) electrons. The molecule has 2 atom stereocenters. The van der Waals surface area contributed by atoms with Crippen LogP contribution in [0.1, 0.15) is 73.6 Å². The molecule has 16 heteroatoms. The summed E-state index contributed by atoms with van der Waals surface area (Å²) in [6.07, 6.45) is 14.6. The largest absolute Gasteiger partial charge is 0.305 e. The fourth-order valence-corrected chi connectivity index (χ4v) is 13.4. The number of hydrogen-bond acceptors (Lipinski definition) is 8. The van der Waals surface area contributed by atoms with Gasteiger partial charge in [0, 0.05) is 141 Å². The second-order valence-electron chi connectivity index (χ2n) is 30.0. The molecule has 2 unspecified atom stereocenters. The van der Waals surface area contributed by atoms with Crippen molar-refractivity contribution in [1.29, 1.82) is 0 Å². The first kappa shape index (κ1) is 95.9. The number of aromatic nitrogens is 8. The van der Waals surface area contributed by atoms with Crippen LogP contribution in [0.3, 0.4) is 0 Å². The van der Waals surface area contributed by atoms with E-state index in [4.69, 9.17) is 11.0 Å². The molecule has 0 fully saturated rings. The van der Waals surface area contributed by atoms with Gasteiger partial charge in [0.05, 0.1) is 0 Å². The molecule has 0 bridgehead atoms. The molecular weight excluding hydrogens is 2420 g/mol. The zero-order valence-electron chi connectivity index (χ0n) is 83.4. The average Bonchev–Trinajstić information content (AvgIpc) is 0.769. The van der Waals surface area contributed by atoms with E-state index < -0.39 is 37.1 Å². The molecule has 8 nitrogen and oxygen atoms in total. The van der Waals surface area contributed by atoms with Crippen LogP contribution in [-0.2, 0) is 93.3 Å². The summed E-state index contributed by atoms with van der Waals surface area (Å²) >= 11 is 0. The summed E-state index contributed by atoms with van der Waals surface area (Å²) < 4.78 is 117. The van der Waals surface area contributed by atoms with Crippen molar-refractivity contribution in [3.63, 3.8) is 0 Å². The minimum atomic E-state index is -2.64. The van der Waals surface area contributed by atoms with Crippen LogP contribution in [0.5, 0.6) is 0 Å². The van der Waals surface area contributed by atoms with Gasteiger partial charge in [-0.05, 0) is 217 Å². The first-order chi connectivity index (χ1) is 68.7. The molecule has 0 saturated heterocycles. The van der Waals surface area contributed by atoms with Crippen molar-refractivity contribution < 1.29 is 109 Å². The van der Waals surface area contributed by atoms with E-state index in [-0.39, 0.29) is 110 Å². The molecule has 0 aliphatic rings. The average molecular weight is 2530 g/mol. The number of rotatable bonds is 16. The summed E-state index contributed by atoms with van der Waals surface area (Å²) in [7, 11) is 0. The van der Waals surface area contributed by atoms with E-state index in [0.29, 0.717) is 23.1 Å². The third kappa shape index (κ3) is 33.3. The molecular formula is C122H96F4Ir4N8-8. The van der Waals surface area contributed by atoms with Crippen LogP contribution in [0, 0.1) is 84.6 Å². The van der Waals surface area contributed by atoms with Gasteiger partial charge in [-0.15, -0.1) is 287 Å². The van der Waals surface area contributed by atoms with Crippen LogP contribution < -0.4 is 0 Å². The van der Waals surface area contributed by atoms with Crippen molar-refractivity contribution in [2.75, 3.05) is 0 Å². The van der Waals surface area contributed by atoms with Gasteiger partial charge in [-0.25, -0.2) is 17.6 Å². The molecule has 20 rings (SSSR count). The molecule has 12 aromatic carbocycles. The fourth-order valence-electron chi connectivity index (χ4n) is 13.4. The molecule has 8 heterocycles. The summed E-state index contributed by atoms with van der Waals surface area (Å²) in [5, 5.41) is 0. The molecule has 0 aliphatic carbocycles. The van der Waals surface area contributed by atoms with Crippen molar-refractivity contribution in [2.45, 2.75) is 60.1 Å². The molecule has 8 aromatic heterocycles. The van der Waals surface area contributed by atoms with Gasteiger partial charge in [0.15, 0.2) is 0 Å². The molecule has 20 aromatic rings. The Labute approximate surface area is 874 Å². The van der Waals surface area contributed by atoms with E-state index >= 15 is 0 Å². The second-order valence-corrected chi connectivity index (χ2v) is 30.0. The SMILES string of the molecule is CCc1cc(-c2ccc(-c3[c-]cccc3)nc2)ccc1F.Cc1cc(-c2ccc(-c3[c-]cccc3)nc2)ccc1F.[2H]C([2H])([2H])C([2H])(C)Cc1cc(-c2ccc(-c3[c-]cccc3)nc2)ccc1F.[2H]C([2H])([2H])C([2H])(C)c1cc(-c2ccc(-c3[c-]cccc3)nc2)ccc1F.[Ir].[Ir].[Ir].[Ir].[c-]1ccccc1-c1ccccn1.[c-]1ccccc1-c1ccccn1.[c-]1ccccc1-c1ccccn1.[c-]1ccccc1-c1ccccn1. The molecule has 138 heavy (non-hydrogen) atoms. The molecule has 696 valence electrons. The maximum absolute atomic E-state index is 14.2. The summed E-state index contributed by atoms with van der Waals surface area (Å²) in [5.74, 6) is -5.35. The van der Waals surface area contributed by atoms with Gasteiger partial charge in [-0.3, -0.25) is 0 Å². The number of hydrogen-bond donors (Lipinski definition) is 0. The fraction of sp³-hybridized carbons (Fsp3) is 0.0820. The summed E-state index contributed by atoms with van der Waals surface area (Å²) in [6, 6.07) is 145. The van der Waals surface area contributed by atoms with E-state index in [1.165, 1.54) is 44.2 Å². The molecule has 0 aliphatic heterocycles. The van der Waals surface area contributed by atoms with Gasteiger partial charge in [0.2, 0.25) is 0 Å². The van der Waals surface area contributed by atoms with Crippen molar-refractivity contribution in [2.24, 2.45) is 5.89 Å². The standard InChI is InChI=1S/C21H19FN.C20H17FN.C19H15FN.C18H13FN.4C11H8N.4Ir/c1-15(2)12-19-13-17(8-10-20(19)22)18-9-11-21(23-14-18)16-6-4-3-5-7-16;1-14(2)18-12-16(8-10-19(18)21)17-9-11-20(22-13-17)15-6-4-3-5-7-15;1-2-14-12-16(8-10-18(14)20)17-9-11-19(21-13-17)15-6-4-3-5-7-15;1-13-11-15(7-9-17(13)19)16-8-10-18(20-12-16)14-5-3-2-4-6-14;4*1-2-6-10(7-3-1)11-8-4-5-9-12-11;;;;/h3-6,8-11,13-15H,12H2,1-2H3;3-6,8-14H,1-2H3;3-6,8-13H,2H2,1H3;2-5,7-12H,1H3;4*1-6,8-9H;;;;/q8*-1;;;;/i1D3,15D;1D3,14D;;;;;;;;;;. The number of benzene rings is 12. The Balaban J connectivity index is 0.000000188. The van der Waals surface area contributed by atoms with Crippen LogP contribution in [0.15, 0.2) is 438 Å². The van der Waals surface area contributed by atoms with E-state index in [2.05, 4.69) is 88.4 Å². The van der Waals surface area contributed by atoms with Gasteiger partial charge in [-0.2, -0.15) is 0 Å². The Hall–Kier alpha value is -13.8. The van der Waals surface area contributed by atoms with Crippen LogP contribution in [0.25, 0.3) is 135 Å². The molecule has 0 spiro atoms. The normalized spacial score (nSPS) is 11.9. The zero-order valence-corrected chi connectivity index (χ0v) is 85.0. The van der Waals surface area contributed by atoms with Gasteiger partial charge in [0.1, 0.15) is 23.3 Å². The molecule has 0 amide bonds. The minimum Gasteiger partial charge on any atom is -0.305 e. The quantitative estimate of drug-likeness (QED) is 0.0696. The number of aryl methyl sites for hydroxylation is 2. The van der Waals surface area contributed by atoms with Crippen LogP contribution >= 0.6 is 0 Å². The Morgan fingerprint density at radius 2 is 0.507 bits per heavy atom. The van der Waals surface area contributed by atoms with Crippen molar-refractivity contribution in [3.8, 4) is 135 Å². The Morgan fingerprint density at radius 3 is 0.746 bits per heavy atom. The first-order valence-corrected chi connectivity index (χ1v) is 43.2. The van der Waals surface area contributed by atoms with E-state index in [0.717, 1.165) is 129 Å². The predicted molar refractivity (Wildman–Crippen MR) is 536 cm³/mol. The third-order valence-corrected chi connectivity index (χ3v) is 20.4. The van der Waals surface area contributed by atoms with Crippen molar-refractivity contribution in [1.82, 2.24) is 39.9 Å². The predicted octanol–water partition coefficient (Wildman–Crippen LogP) is 30.8. The third-order valence-electron chi connectivity index (χ3n) is 20.4. The minimum absolute atomic E-state index is 0. The smallest absolute Gasteiger partial charge is 0.126 e. The molecule has 0 saturated carbocycles. The number of halogens is 4. The van der Waals surface area contributed by atoms with Gasteiger partial charge in [0.25, 0.3) is 0 Å². The summed E-state index contributed by atoms with van der Waals surface area (Å²) in [5.41, 5.74) is 23.2. The van der Waals surface area contributed by atoms with Crippen LogP contribution in [0.4, 0.5) is 17.6 Å². The van der Waals surface area contributed by atoms with Crippen molar-refractivity contribution in [3.05, 3.63) is 532 Å². The van der Waals surface area contributed by atoms with Crippen molar-refractivity contribution >= 4 is 0 Å².